The van der Waals surface area contributed by atoms with Crippen molar-refractivity contribution in [3.8, 4) is 17.2 Å². The molecule has 0 spiro atoms. The predicted molar refractivity (Wildman–Crippen MR) is 162 cm³/mol. The van der Waals surface area contributed by atoms with Crippen molar-refractivity contribution < 1.29 is 23.8 Å². The van der Waals surface area contributed by atoms with Gasteiger partial charge in [-0.05, 0) is 68.0 Å². The number of rotatable bonds is 13. The molecule has 2 aromatic carbocycles. The molecule has 3 aromatic rings. The highest BCUT2D eigenvalue weighted by Gasteiger charge is 2.42. The Labute approximate surface area is 245 Å². The topological polar surface area (TPSA) is 115 Å². The first-order valence-electron chi connectivity index (χ1n) is 13.7. The lowest BCUT2D eigenvalue weighted by Gasteiger charge is -2.41. The van der Waals surface area contributed by atoms with Crippen LogP contribution in [0.2, 0.25) is 0 Å². The minimum Gasteiger partial charge on any atom is -0.493 e. The minimum atomic E-state index is -0.649. The highest BCUT2D eigenvalue weighted by Crippen LogP contribution is 2.40. The van der Waals surface area contributed by atoms with E-state index in [2.05, 4.69) is 17.9 Å². The summed E-state index contributed by atoms with van der Waals surface area (Å²) in [5.41, 5.74) is 6.19. The smallest absolute Gasteiger partial charge is 0.228 e. The van der Waals surface area contributed by atoms with E-state index in [1.165, 1.54) is 21.3 Å². The van der Waals surface area contributed by atoms with Crippen LogP contribution < -0.4 is 19.9 Å². The van der Waals surface area contributed by atoms with Gasteiger partial charge < -0.3 is 30.3 Å². The van der Waals surface area contributed by atoms with E-state index in [9.17, 15) is 9.59 Å². The van der Waals surface area contributed by atoms with Crippen molar-refractivity contribution in [1.82, 2.24) is 4.90 Å². The number of Topliss-reactive ketones (excluding diaryl/α,β-unsaturated/α-hetero) is 1. The number of benzene rings is 2. The number of ketones is 1. The number of hydrogen-bond acceptors (Lipinski definition) is 8. The van der Waals surface area contributed by atoms with Crippen molar-refractivity contribution in [2.24, 2.45) is 5.73 Å². The van der Waals surface area contributed by atoms with Crippen molar-refractivity contribution in [3.63, 3.8) is 0 Å². The van der Waals surface area contributed by atoms with E-state index in [1.54, 1.807) is 23.5 Å². The second kappa shape index (κ2) is 12.9. The number of carbonyl (C=O) groups is 2. The van der Waals surface area contributed by atoms with E-state index in [0.29, 0.717) is 35.7 Å². The van der Waals surface area contributed by atoms with E-state index in [1.807, 2.05) is 41.8 Å². The van der Waals surface area contributed by atoms with Gasteiger partial charge in [-0.1, -0.05) is 43.3 Å². The Morgan fingerprint density at radius 3 is 2.15 bits per heavy atom. The first-order chi connectivity index (χ1) is 19.7. The van der Waals surface area contributed by atoms with Gasteiger partial charge in [-0.3, -0.25) is 9.59 Å². The Hall–Kier alpha value is -3.69. The summed E-state index contributed by atoms with van der Waals surface area (Å²) in [4.78, 5) is 29.6. The number of nitrogens with zero attached hydrogens (tertiary/aromatic N) is 1. The third-order valence-corrected chi connectivity index (χ3v) is 9.55. The van der Waals surface area contributed by atoms with Gasteiger partial charge >= 0.3 is 0 Å². The van der Waals surface area contributed by atoms with Gasteiger partial charge in [0, 0.05) is 22.3 Å². The number of primary amides is 1. The second-order valence-corrected chi connectivity index (χ2v) is 11.8. The molecule has 4 rings (SSSR count). The molecule has 2 heterocycles. The molecule has 3 N–H and O–H groups in total. The quantitative estimate of drug-likeness (QED) is 0.212. The standard InChI is InChI=1S/C32H39N3O5S/c1-31(27-11-8-18-41-27,21-24(33)28(36)22-19-25(38-2)29(40-4)26(20-22)39-3)12-15-35-16-13-32(14-17-35,30(34)37)23-9-6-5-7-10-23/h5-11,18-20,33H,12-17,21H2,1-4H3,(H2,34,37). The molecule has 1 unspecified atom stereocenters. The zero-order valence-corrected chi connectivity index (χ0v) is 25.0. The fourth-order valence-corrected chi connectivity index (χ4v) is 6.69. The maximum atomic E-state index is 13.5. The summed E-state index contributed by atoms with van der Waals surface area (Å²) in [5, 5.41) is 10.9. The van der Waals surface area contributed by atoms with Gasteiger partial charge in [0.2, 0.25) is 17.4 Å². The fourth-order valence-electron chi connectivity index (χ4n) is 5.78. The molecule has 0 bridgehead atoms. The van der Waals surface area contributed by atoms with Crippen LogP contribution in [0.5, 0.6) is 17.2 Å². The van der Waals surface area contributed by atoms with Crippen molar-refractivity contribution >= 4 is 28.7 Å². The van der Waals surface area contributed by atoms with Crippen LogP contribution in [0.25, 0.3) is 0 Å². The molecule has 218 valence electrons. The molecule has 1 aromatic heterocycles. The van der Waals surface area contributed by atoms with Gasteiger partial charge in [-0.2, -0.15) is 0 Å². The molecule has 0 radical (unpaired) electrons. The number of ether oxygens (including phenoxy) is 3. The van der Waals surface area contributed by atoms with Crippen molar-refractivity contribution in [1.29, 1.82) is 5.41 Å². The van der Waals surface area contributed by atoms with E-state index in [4.69, 9.17) is 25.4 Å². The number of amides is 1. The Bertz CT molecular complexity index is 1340. The largest absolute Gasteiger partial charge is 0.493 e. The number of nitrogens with one attached hydrogen (secondary N) is 1. The van der Waals surface area contributed by atoms with Crippen molar-refractivity contribution in [3.05, 3.63) is 76.0 Å². The molecule has 1 amide bonds. The van der Waals surface area contributed by atoms with Crippen LogP contribution in [-0.2, 0) is 15.6 Å². The maximum absolute atomic E-state index is 13.5. The highest BCUT2D eigenvalue weighted by atomic mass is 32.1. The van der Waals surface area contributed by atoms with Gasteiger partial charge in [-0.25, -0.2) is 0 Å². The molecule has 1 fully saturated rings. The Kier molecular flexibility index (Phi) is 9.50. The number of hydrogen-bond donors (Lipinski definition) is 2. The molecular formula is C32H39N3O5S. The van der Waals surface area contributed by atoms with Crippen LogP contribution in [-0.4, -0.2) is 63.3 Å². The van der Waals surface area contributed by atoms with Crippen LogP contribution in [0.3, 0.4) is 0 Å². The molecule has 0 saturated carbocycles. The Morgan fingerprint density at radius 2 is 1.63 bits per heavy atom. The van der Waals surface area contributed by atoms with Crippen LogP contribution in [0, 0.1) is 5.41 Å². The van der Waals surface area contributed by atoms with E-state index in [0.717, 1.165) is 36.5 Å². The molecular weight excluding hydrogens is 538 g/mol. The Morgan fingerprint density at radius 1 is 1.00 bits per heavy atom. The second-order valence-electron chi connectivity index (χ2n) is 10.8. The lowest BCUT2D eigenvalue weighted by Crippen LogP contribution is -2.50. The molecule has 9 heteroatoms. The number of thiophene rings is 1. The van der Waals surface area contributed by atoms with E-state index in [-0.39, 0.29) is 23.8 Å². The summed E-state index contributed by atoms with van der Waals surface area (Å²) < 4.78 is 16.2. The molecule has 1 saturated heterocycles. The van der Waals surface area contributed by atoms with Gasteiger partial charge in [0.15, 0.2) is 11.5 Å². The van der Waals surface area contributed by atoms with E-state index >= 15 is 0 Å². The van der Waals surface area contributed by atoms with E-state index < -0.39 is 10.8 Å². The van der Waals surface area contributed by atoms with Gasteiger partial charge in [-0.15, -0.1) is 11.3 Å². The summed E-state index contributed by atoms with van der Waals surface area (Å²) in [6.45, 7) is 4.40. The molecule has 1 atom stereocenters. The average molecular weight is 578 g/mol. The van der Waals surface area contributed by atoms with Gasteiger partial charge in [0.05, 0.1) is 32.5 Å². The van der Waals surface area contributed by atoms with Crippen LogP contribution in [0.15, 0.2) is 60.0 Å². The number of methoxy groups -OCH3 is 3. The fraction of sp³-hybridized carbons (Fsp3) is 0.406. The van der Waals surface area contributed by atoms with Crippen LogP contribution in [0.4, 0.5) is 0 Å². The summed E-state index contributed by atoms with van der Waals surface area (Å²) in [7, 11) is 4.51. The maximum Gasteiger partial charge on any atom is 0.228 e. The molecule has 1 aliphatic heterocycles. The average Bonchev–Trinajstić information content (AvgIpc) is 3.55. The zero-order valence-electron chi connectivity index (χ0n) is 24.2. The highest BCUT2D eigenvalue weighted by molar-refractivity contribution is 7.10. The van der Waals surface area contributed by atoms with Crippen molar-refractivity contribution in [2.45, 2.75) is 43.4 Å². The normalized spacial score (nSPS) is 16.4. The number of piperidine rings is 1. The summed E-state index contributed by atoms with van der Waals surface area (Å²) in [6.07, 6.45) is 2.37. The SMILES string of the molecule is COc1cc(C(=O)C(=N)CC(C)(CCN2CCC(C(N)=O)(c3ccccc3)CC2)c2cccs2)cc(OC)c1OC. The first kappa shape index (κ1) is 30.3. The summed E-state index contributed by atoms with van der Waals surface area (Å²) in [5.74, 6) is 0.494. The lowest BCUT2D eigenvalue weighted by molar-refractivity contribution is -0.125. The number of nitrogens with two attached hydrogens (primary N) is 1. The minimum absolute atomic E-state index is 0.0191. The molecule has 0 aliphatic carbocycles. The molecule has 41 heavy (non-hydrogen) atoms. The molecule has 1 aliphatic rings. The zero-order chi connectivity index (χ0) is 29.6. The van der Waals surface area contributed by atoms with Crippen LogP contribution >= 0.6 is 11.3 Å². The number of carbonyl (C=O) groups excluding carboxylic acids is 2. The first-order valence-corrected chi connectivity index (χ1v) is 14.6. The van der Waals surface area contributed by atoms with Crippen LogP contribution in [0.1, 0.15) is 53.4 Å². The Balaban J connectivity index is 1.48. The van der Waals surface area contributed by atoms with Crippen molar-refractivity contribution in [2.75, 3.05) is 41.0 Å². The third kappa shape index (κ3) is 6.31. The summed E-state index contributed by atoms with van der Waals surface area (Å²) >= 11 is 1.64. The van der Waals surface area contributed by atoms with Gasteiger partial charge in [0.25, 0.3) is 0 Å². The number of likely N-dealkylation sites (tertiary alicyclic amines) is 1. The predicted octanol–water partition coefficient (Wildman–Crippen LogP) is 5.23. The monoisotopic (exact) mass is 577 g/mol. The third-order valence-electron chi connectivity index (χ3n) is 8.37. The molecule has 8 nitrogen and oxygen atoms in total. The van der Waals surface area contributed by atoms with Gasteiger partial charge in [0.1, 0.15) is 0 Å². The lowest BCUT2D eigenvalue weighted by atomic mass is 9.72. The summed E-state index contributed by atoms with van der Waals surface area (Å²) in [6, 6.07) is 17.1.